The van der Waals surface area contributed by atoms with Crippen LogP contribution >= 0.6 is 0 Å². The Kier molecular flexibility index (Phi) is 7.88. The van der Waals surface area contributed by atoms with Gasteiger partial charge in [-0.3, -0.25) is 0 Å². The van der Waals surface area contributed by atoms with Crippen molar-refractivity contribution in [2.75, 3.05) is 13.2 Å². The third-order valence-corrected chi connectivity index (χ3v) is 5.82. The summed E-state index contributed by atoms with van der Waals surface area (Å²) >= 11 is 0. The highest BCUT2D eigenvalue weighted by Gasteiger charge is 2.61. The second-order valence-electron chi connectivity index (χ2n) is 8.40. The van der Waals surface area contributed by atoms with Gasteiger partial charge in [-0.1, -0.05) is 52.8 Å². The van der Waals surface area contributed by atoms with Gasteiger partial charge in [-0.15, -0.1) is 0 Å². The minimum absolute atomic E-state index is 0.172. The van der Waals surface area contributed by atoms with Crippen LogP contribution in [0.15, 0.2) is 30.3 Å². The van der Waals surface area contributed by atoms with E-state index in [1.165, 1.54) is 0 Å². The van der Waals surface area contributed by atoms with Crippen molar-refractivity contribution in [1.82, 2.24) is 0 Å². The molecule has 1 aromatic rings. The smallest absolute Gasteiger partial charge is 0.252 e. The summed E-state index contributed by atoms with van der Waals surface area (Å²) in [5, 5.41) is 0. The van der Waals surface area contributed by atoms with Crippen LogP contribution in [-0.4, -0.2) is 37.4 Å². The third-order valence-electron chi connectivity index (χ3n) is 4.25. The molecule has 0 radical (unpaired) electrons. The quantitative estimate of drug-likeness (QED) is 0.432. The van der Waals surface area contributed by atoms with Gasteiger partial charge < -0.3 is 18.8 Å². The minimum Gasteiger partial charge on any atom is -0.745 e. The van der Waals surface area contributed by atoms with Crippen LogP contribution in [0.1, 0.15) is 54.9 Å². The molecule has 27 heavy (non-hydrogen) atoms. The number of benzene rings is 1. The predicted molar refractivity (Wildman–Crippen MR) is 104 cm³/mol. The summed E-state index contributed by atoms with van der Waals surface area (Å²) in [6, 6.07) is 8.43. The largest absolute Gasteiger partial charge is 0.745 e. The molecular formula is C20H33O6S-. The van der Waals surface area contributed by atoms with Crippen LogP contribution in [0.5, 0.6) is 5.75 Å². The lowest BCUT2D eigenvalue weighted by Crippen LogP contribution is -2.65. The van der Waals surface area contributed by atoms with Gasteiger partial charge in [0.05, 0.1) is 0 Å². The zero-order valence-corrected chi connectivity index (χ0v) is 18.3. The van der Waals surface area contributed by atoms with Crippen molar-refractivity contribution >= 4 is 10.1 Å². The van der Waals surface area contributed by atoms with Gasteiger partial charge in [-0.05, 0) is 37.8 Å². The highest BCUT2D eigenvalue weighted by atomic mass is 32.2. The zero-order valence-electron chi connectivity index (χ0n) is 17.4. The minimum atomic E-state index is -5.02. The van der Waals surface area contributed by atoms with E-state index in [9.17, 15) is 13.0 Å². The van der Waals surface area contributed by atoms with Gasteiger partial charge in [0, 0.05) is 18.6 Å². The van der Waals surface area contributed by atoms with Crippen LogP contribution in [0.3, 0.4) is 0 Å². The summed E-state index contributed by atoms with van der Waals surface area (Å²) in [5.41, 5.74) is -1.38. The molecule has 1 aromatic carbocycles. The average molecular weight is 402 g/mol. The average Bonchev–Trinajstić information content (AvgIpc) is 2.49. The van der Waals surface area contributed by atoms with E-state index in [0.29, 0.717) is 6.42 Å². The van der Waals surface area contributed by atoms with Gasteiger partial charge in [0.2, 0.25) is 6.29 Å². The topological polar surface area (TPSA) is 84.9 Å². The van der Waals surface area contributed by atoms with E-state index in [1.807, 2.05) is 20.8 Å². The monoisotopic (exact) mass is 401 g/mol. The summed E-state index contributed by atoms with van der Waals surface area (Å²) in [7, 11) is -5.02. The SMILES string of the molecule is CCOC(OCC)C(Oc1ccccc1)(C(C)(C)CC(C)(C)C)S(=O)(=O)[O-]. The number of hydrogen-bond acceptors (Lipinski definition) is 6. The molecule has 0 spiro atoms. The van der Waals surface area contributed by atoms with Crippen LogP contribution in [0.2, 0.25) is 0 Å². The molecule has 7 heteroatoms. The zero-order chi connectivity index (χ0) is 20.9. The van der Waals surface area contributed by atoms with E-state index >= 15 is 0 Å². The molecule has 0 N–H and O–H groups in total. The van der Waals surface area contributed by atoms with Crippen LogP contribution < -0.4 is 4.74 Å². The molecule has 0 aliphatic carbocycles. The van der Waals surface area contributed by atoms with E-state index in [0.717, 1.165) is 0 Å². The van der Waals surface area contributed by atoms with Crippen molar-refractivity contribution in [3.8, 4) is 5.75 Å². The molecule has 6 nitrogen and oxygen atoms in total. The second-order valence-corrected chi connectivity index (χ2v) is 9.92. The van der Waals surface area contributed by atoms with Crippen molar-refractivity contribution in [2.24, 2.45) is 10.8 Å². The Bertz CT molecular complexity index is 672. The van der Waals surface area contributed by atoms with E-state index in [-0.39, 0.29) is 24.4 Å². The maximum Gasteiger partial charge on any atom is 0.252 e. The molecule has 0 bridgehead atoms. The lowest BCUT2D eigenvalue weighted by atomic mass is 9.72. The Morgan fingerprint density at radius 3 is 1.81 bits per heavy atom. The van der Waals surface area contributed by atoms with Gasteiger partial charge in [0.1, 0.15) is 15.9 Å². The third kappa shape index (κ3) is 5.67. The number of rotatable bonds is 10. The Hall–Kier alpha value is -1.15. The predicted octanol–water partition coefficient (Wildman–Crippen LogP) is 4.17. The van der Waals surface area contributed by atoms with Crippen LogP contribution in [0.4, 0.5) is 0 Å². The molecule has 0 saturated carbocycles. The summed E-state index contributed by atoms with van der Waals surface area (Å²) in [4.78, 5) is -2.26. The van der Waals surface area contributed by atoms with Crippen LogP contribution in [0.25, 0.3) is 0 Å². The first-order valence-corrected chi connectivity index (χ1v) is 10.6. The molecule has 0 aliphatic heterocycles. The van der Waals surface area contributed by atoms with Crippen molar-refractivity contribution in [3.05, 3.63) is 30.3 Å². The van der Waals surface area contributed by atoms with Crippen LogP contribution in [0, 0.1) is 10.8 Å². The van der Waals surface area contributed by atoms with Crippen molar-refractivity contribution in [2.45, 2.75) is 66.1 Å². The molecule has 1 rings (SSSR count). The first-order valence-electron chi connectivity index (χ1n) is 9.23. The van der Waals surface area contributed by atoms with E-state index in [4.69, 9.17) is 14.2 Å². The van der Waals surface area contributed by atoms with Crippen LogP contribution in [-0.2, 0) is 19.6 Å². The normalized spacial score (nSPS) is 15.6. The Morgan fingerprint density at radius 2 is 1.44 bits per heavy atom. The standard InChI is InChI=1S/C20H34O6S/c1-8-24-17(25-9-2)20(27(21,22)23,19(6,7)15-18(3,4)5)26-16-13-11-10-12-14-16/h10-14,17H,8-9,15H2,1-7H3,(H,21,22,23)/p-1. The number of ether oxygens (including phenoxy) is 3. The lowest BCUT2D eigenvalue weighted by molar-refractivity contribution is -0.229. The first kappa shape index (κ1) is 23.9. The van der Waals surface area contributed by atoms with E-state index in [2.05, 4.69) is 0 Å². The summed E-state index contributed by atoms with van der Waals surface area (Å²) in [5.74, 6) is 0.267. The maximum absolute atomic E-state index is 12.7. The molecule has 0 aliphatic rings. The molecular weight excluding hydrogens is 368 g/mol. The molecule has 0 amide bonds. The van der Waals surface area contributed by atoms with Crippen molar-refractivity contribution in [1.29, 1.82) is 0 Å². The van der Waals surface area contributed by atoms with Crippen molar-refractivity contribution in [3.63, 3.8) is 0 Å². The van der Waals surface area contributed by atoms with E-state index < -0.39 is 26.8 Å². The molecule has 0 fully saturated rings. The molecule has 0 heterocycles. The molecule has 0 aromatic heterocycles. The molecule has 1 unspecified atom stereocenters. The van der Waals surface area contributed by atoms with Gasteiger partial charge >= 0.3 is 0 Å². The molecule has 1 atom stereocenters. The summed E-state index contributed by atoms with van der Waals surface area (Å²) < 4.78 is 55.5. The highest BCUT2D eigenvalue weighted by Crippen LogP contribution is 2.49. The van der Waals surface area contributed by atoms with Gasteiger partial charge in [0.25, 0.3) is 4.93 Å². The maximum atomic E-state index is 12.7. The summed E-state index contributed by atoms with van der Waals surface area (Å²) in [6.07, 6.45) is -0.974. The van der Waals surface area contributed by atoms with Crippen molar-refractivity contribution < 1.29 is 27.2 Å². The number of hydrogen-bond donors (Lipinski definition) is 0. The Balaban J connectivity index is 3.72. The fourth-order valence-electron chi connectivity index (χ4n) is 3.70. The Labute approximate surface area is 164 Å². The fraction of sp³-hybridized carbons (Fsp3) is 0.700. The first-order chi connectivity index (χ1) is 12.3. The highest BCUT2D eigenvalue weighted by molar-refractivity contribution is 7.87. The second kappa shape index (κ2) is 8.90. The fourth-order valence-corrected chi connectivity index (χ4v) is 5.01. The summed E-state index contributed by atoms with van der Waals surface area (Å²) in [6.45, 7) is 13.1. The lowest BCUT2D eigenvalue weighted by Gasteiger charge is -2.52. The van der Waals surface area contributed by atoms with Gasteiger partial charge in [-0.2, -0.15) is 0 Å². The van der Waals surface area contributed by atoms with Gasteiger partial charge in [0.15, 0.2) is 0 Å². The molecule has 156 valence electrons. The van der Waals surface area contributed by atoms with E-state index in [1.54, 1.807) is 58.0 Å². The molecule has 0 saturated heterocycles. The van der Waals surface area contributed by atoms with Gasteiger partial charge in [-0.25, -0.2) is 8.42 Å². The number of para-hydroxylation sites is 1. The Morgan fingerprint density at radius 1 is 0.963 bits per heavy atom.